The summed E-state index contributed by atoms with van der Waals surface area (Å²) >= 11 is 0. The minimum absolute atomic E-state index is 0.0369. The predicted octanol–water partition coefficient (Wildman–Crippen LogP) is 2.35. The standard InChI is InChI=1S/C22H29N5O2/c1-14-5-6-19(11-15(14)2)27-13-18(12-20(27)28)22(29)26-9-7-25(8-10-26)21-16(3)23-24-17(21)4/h5-6,11,18H,7-10,12-13H2,1-4H3,(H,23,24). The molecule has 1 aromatic heterocycles. The van der Waals surface area contributed by atoms with Gasteiger partial charge in [-0.15, -0.1) is 0 Å². The lowest BCUT2D eigenvalue weighted by Gasteiger charge is -2.37. The molecule has 2 amide bonds. The summed E-state index contributed by atoms with van der Waals surface area (Å²) in [6.45, 7) is 11.5. The Morgan fingerprint density at radius 1 is 1.07 bits per heavy atom. The zero-order valence-corrected chi connectivity index (χ0v) is 17.7. The normalized spacial score (nSPS) is 19.9. The fourth-order valence-corrected chi connectivity index (χ4v) is 4.44. The van der Waals surface area contributed by atoms with Crippen molar-refractivity contribution in [3.05, 3.63) is 40.7 Å². The molecule has 2 aliphatic rings. The number of hydrogen-bond acceptors (Lipinski definition) is 4. The molecule has 3 heterocycles. The van der Waals surface area contributed by atoms with E-state index in [4.69, 9.17) is 0 Å². The quantitative estimate of drug-likeness (QED) is 0.866. The summed E-state index contributed by atoms with van der Waals surface area (Å²) in [7, 11) is 0. The second-order valence-electron chi connectivity index (χ2n) is 8.27. The van der Waals surface area contributed by atoms with Crippen molar-refractivity contribution in [1.82, 2.24) is 15.1 Å². The fraction of sp³-hybridized carbons (Fsp3) is 0.500. The number of rotatable bonds is 3. The maximum Gasteiger partial charge on any atom is 0.228 e. The molecule has 1 aromatic carbocycles. The number of nitrogens with zero attached hydrogens (tertiary/aromatic N) is 4. The van der Waals surface area contributed by atoms with Crippen LogP contribution in [0.25, 0.3) is 0 Å². The summed E-state index contributed by atoms with van der Waals surface area (Å²) in [5.41, 5.74) is 6.46. The predicted molar refractivity (Wildman–Crippen MR) is 113 cm³/mol. The zero-order valence-electron chi connectivity index (χ0n) is 17.7. The number of aryl methyl sites for hydroxylation is 4. The molecular weight excluding hydrogens is 366 g/mol. The highest BCUT2D eigenvalue weighted by Crippen LogP contribution is 2.29. The van der Waals surface area contributed by atoms with E-state index in [0.717, 1.165) is 41.4 Å². The average Bonchev–Trinajstić information content (AvgIpc) is 3.26. The molecule has 2 fully saturated rings. The summed E-state index contributed by atoms with van der Waals surface area (Å²) in [5, 5.41) is 7.31. The van der Waals surface area contributed by atoms with Gasteiger partial charge in [0.05, 0.1) is 23.0 Å². The number of aromatic amines is 1. The first kappa shape index (κ1) is 19.5. The van der Waals surface area contributed by atoms with E-state index in [1.807, 2.05) is 43.9 Å². The molecule has 2 aliphatic heterocycles. The van der Waals surface area contributed by atoms with Crippen molar-refractivity contribution in [3.63, 3.8) is 0 Å². The maximum absolute atomic E-state index is 13.1. The second kappa shape index (κ2) is 7.54. The van der Waals surface area contributed by atoms with Crippen LogP contribution in [0.5, 0.6) is 0 Å². The Bertz CT molecular complexity index is 923. The van der Waals surface area contributed by atoms with Crippen LogP contribution in [-0.4, -0.2) is 59.6 Å². The van der Waals surface area contributed by atoms with Gasteiger partial charge in [0.2, 0.25) is 11.8 Å². The van der Waals surface area contributed by atoms with E-state index in [1.165, 1.54) is 5.56 Å². The lowest BCUT2D eigenvalue weighted by atomic mass is 10.1. The number of hydrogen-bond donors (Lipinski definition) is 1. The Hall–Kier alpha value is -2.83. The molecule has 7 heteroatoms. The zero-order chi connectivity index (χ0) is 20.7. The van der Waals surface area contributed by atoms with Crippen LogP contribution in [0.1, 0.15) is 28.9 Å². The van der Waals surface area contributed by atoms with Gasteiger partial charge in [0.1, 0.15) is 0 Å². The molecule has 0 aliphatic carbocycles. The van der Waals surface area contributed by atoms with E-state index >= 15 is 0 Å². The van der Waals surface area contributed by atoms with Crippen LogP contribution in [0, 0.1) is 33.6 Å². The molecule has 1 unspecified atom stereocenters. The van der Waals surface area contributed by atoms with Crippen LogP contribution in [0.15, 0.2) is 18.2 Å². The number of anilines is 2. The molecule has 2 saturated heterocycles. The molecule has 7 nitrogen and oxygen atoms in total. The molecule has 1 N–H and O–H groups in total. The molecule has 0 spiro atoms. The molecule has 154 valence electrons. The highest BCUT2D eigenvalue weighted by atomic mass is 16.2. The minimum atomic E-state index is -0.256. The van der Waals surface area contributed by atoms with E-state index in [9.17, 15) is 9.59 Å². The van der Waals surface area contributed by atoms with Crippen LogP contribution in [-0.2, 0) is 9.59 Å². The second-order valence-corrected chi connectivity index (χ2v) is 8.27. The number of carbonyl (C=O) groups excluding carboxylic acids is 2. The minimum Gasteiger partial charge on any atom is -0.365 e. The highest BCUT2D eigenvalue weighted by molar-refractivity contribution is 6.00. The maximum atomic E-state index is 13.1. The van der Waals surface area contributed by atoms with E-state index < -0.39 is 0 Å². The van der Waals surface area contributed by atoms with Gasteiger partial charge in [0, 0.05) is 44.8 Å². The van der Waals surface area contributed by atoms with Crippen LogP contribution in [0.3, 0.4) is 0 Å². The largest absolute Gasteiger partial charge is 0.365 e. The van der Waals surface area contributed by atoms with Crippen molar-refractivity contribution in [3.8, 4) is 0 Å². The number of benzene rings is 1. The Labute approximate surface area is 171 Å². The van der Waals surface area contributed by atoms with Crippen molar-refractivity contribution in [2.45, 2.75) is 34.1 Å². The molecular formula is C22H29N5O2. The third-order valence-electron chi connectivity index (χ3n) is 6.27. The molecule has 0 radical (unpaired) electrons. The summed E-state index contributed by atoms with van der Waals surface area (Å²) in [6, 6.07) is 6.04. The number of carbonyl (C=O) groups is 2. The van der Waals surface area contributed by atoms with Gasteiger partial charge in [-0.2, -0.15) is 5.10 Å². The Balaban J connectivity index is 1.39. The van der Waals surface area contributed by atoms with Crippen molar-refractivity contribution in [2.75, 3.05) is 42.5 Å². The fourth-order valence-electron chi connectivity index (χ4n) is 4.44. The van der Waals surface area contributed by atoms with Crippen molar-refractivity contribution >= 4 is 23.2 Å². The van der Waals surface area contributed by atoms with E-state index in [2.05, 4.69) is 22.0 Å². The van der Waals surface area contributed by atoms with Crippen LogP contribution in [0.4, 0.5) is 11.4 Å². The molecule has 1 atom stereocenters. The molecule has 2 aromatic rings. The first-order valence-corrected chi connectivity index (χ1v) is 10.3. The molecule has 29 heavy (non-hydrogen) atoms. The number of amides is 2. The molecule has 0 saturated carbocycles. The first-order valence-electron chi connectivity index (χ1n) is 10.3. The van der Waals surface area contributed by atoms with Crippen LogP contribution in [0.2, 0.25) is 0 Å². The summed E-state index contributed by atoms with van der Waals surface area (Å²) in [5.74, 6) is -0.118. The third kappa shape index (κ3) is 3.61. The highest BCUT2D eigenvalue weighted by Gasteiger charge is 2.38. The molecule has 0 bridgehead atoms. The van der Waals surface area contributed by atoms with E-state index in [1.54, 1.807) is 4.90 Å². The van der Waals surface area contributed by atoms with Gasteiger partial charge in [-0.25, -0.2) is 0 Å². The van der Waals surface area contributed by atoms with Gasteiger partial charge < -0.3 is 14.7 Å². The Morgan fingerprint density at radius 2 is 1.79 bits per heavy atom. The summed E-state index contributed by atoms with van der Waals surface area (Å²) in [4.78, 5) is 31.6. The Kier molecular flexibility index (Phi) is 5.06. The average molecular weight is 396 g/mol. The van der Waals surface area contributed by atoms with Gasteiger partial charge in [0.15, 0.2) is 0 Å². The van der Waals surface area contributed by atoms with Gasteiger partial charge in [0.25, 0.3) is 0 Å². The van der Waals surface area contributed by atoms with Crippen molar-refractivity contribution in [1.29, 1.82) is 0 Å². The van der Waals surface area contributed by atoms with Gasteiger partial charge in [-0.05, 0) is 51.0 Å². The third-order valence-corrected chi connectivity index (χ3v) is 6.27. The SMILES string of the molecule is Cc1ccc(N2CC(C(=O)N3CCN(c4c(C)n[nH]c4C)CC3)CC2=O)cc1C. The van der Waals surface area contributed by atoms with Crippen LogP contribution >= 0.6 is 0 Å². The van der Waals surface area contributed by atoms with E-state index in [-0.39, 0.29) is 17.7 Å². The number of piperazine rings is 1. The van der Waals surface area contributed by atoms with Gasteiger partial charge >= 0.3 is 0 Å². The monoisotopic (exact) mass is 395 g/mol. The lowest BCUT2D eigenvalue weighted by Crippen LogP contribution is -2.51. The number of H-pyrrole nitrogens is 1. The van der Waals surface area contributed by atoms with Crippen molar-refractivity contribution in [2.24, 2.45) is 5.92 Å². The lowest BCUT2D eigenvalue weighted by molar-refractivity contribution is -0.136. The van der Waals surface area contributed by atoms with E-state index in [0.29, 0.717) is 26.1 Å². The first-order chi connectivity index (χ1) is 13.8. The van der Waals surface area contributed by atoms with Crippen molar-refractivity contribution < 1.29 is 9.59 Å². The van der Waals surface area contributed by atoms with Crippen LogP contribution < -0.4 is 9.80 Å². The summed E-state index contributed by atoms with van der Waals surface area (Å²) in [6.07, 6.45) is 0.298. The summed E-state index contributed by atoms with van der Waals surface area (Å²) < 4.78 is 0. The smallest absolute Gasteiger partial charge is 0.228 e. The number of aromatic nitrogens is 2. The van der Waals surface area contributed by atoms with Gasteiger partial charge in [-0.3, -0.25) is 14.7 Å². The molecule has 4 rings (SSSR count). The topological polar surface area (TPSA) is 72.5 Å². The van der Waals surface area contributed by atoms with Gasteiger partial charge in [-0.1, -0.05) is 6.07 Å². The number of nitrogens with one attached hydrogen (secondary N) is 1. The Morgan fingerprint density at radius 3 is 2.41 bits per heavy atom.